The quantitative estimate of drug-likeness (QED) is 0.405. The molecule has 5 heteroatoms. The van der Waals surface area contributed by atoms with Gasteiger partial charge in [-0.15, -0.1) is 0 Å². The summed E-state index contributed by atoms with van der Waals surface area (Å²) in [6.45, 7) is 0. The van der Waals surface area contributed by atoms with Gasteiger partial charge in [-0.2, -0.15) is 0 Å². The van der Waals surface area contributed by atoms with Gasteiger partial charge in [0.05, 0.1) is 16.9 Å². The fourth-order valence-corrected chi connectivity index (χ4v) is 6.07. The molecular formula is C26H22N2O2S. The van der Waals surface area contributed by atoms with Crippen LogP contribution in [0.5, 0.6) is 0 Å². The van der Waals surface area contributed by atoms with E-state index in [2.05, 4.69) is 22.8 Å². The molecule has 0 unspecified atom stereocenters. The Bertz CT molecular complexity index is 1230. The molecule has 2 aliphatic carbocycles. The largest absolute Gasteiger partial charge is 0.360 e. The summed E-state index contributed by atoms with van der Waals surface area (Å²) in [5.41, 5.74) is 3.53. The monoisotopic (exact) mass is 426 g/mol. The Morgan fingerprint density at radius 3 is 2.10 bits per heavy atom. The first-order valence-electron chi connectivity index (χ1n) is 10.8. The first-order valence-corrected chi connectivity index (χ1v) is 11.7. The standard InChI is InChI=1S/C26H22N2O2S/c29-24-17-11-5-6-12-18(17)25(30)21-19(24)15-20(31-16-9-3-1-4-10-16)22-23(21)28-26(27-22)13-7-2-8-14-26/h1,3-6,9-12,15,27-28H,2,7-8,13-14H2. The van der Waals surface area contributed by atoms with Gasteiger partial charge in [0.15, 0.2) is 11.6 Å². The third-order valence-electron chi connectivity index (χ3n) is 6.59. The number of rotatable bonds is 2. The molecule has 31 heavy (non-hydrogen) atoms. The zero-order valence-electron chi connectivity index (χ0n) is 17.0. The van der Waals surface area contributed by atoms with Crippen LogP contribution in [0.4, 0.5) is 11.4 Å². The van der Waals surface area contributed by atoms with Gasteiger partial charge in [-0.25, -0.2) is 0 Å². The van der Waals surface area contributed by atoms with Gasteiger partial charge in [0.2, 0.25) is 0 Å². The smallest absolute Gasteiger partial charge is 0.196 e. The lowest BCUT2D eigenvalue weighted by atomic mass is 9.83. The molecule has 0 aromatic heterocycles. The molecule has 6 rings (SSSR count). The summed E-state index contributed by atoms with van der Waals surface area (Å²) in [4.78, 5) is 29.0. The lowest BCUT2D eigenvalue weighted by molar-refractivity contribution is 0.0979. The van der Waals surface area contributed by atoms with Crippen LogP contribution in [0, 0.1) is 0 Å². The minimum absolute atomic E-state index is 0.0696. The number of carbonyl (C=O) groups excluding carboxylic acids is 2. The molecule has 1 fully saturated rings. The number of benzene rings is 3. The summed E-state index contributed by atoms with van der Waals surface area (Å²) in [5, 5.41) is 7.44. The molecule has 0 saturated heterocycles. The van der Waals surface area contributed by atoms with E-state index in [0.29, 0.717) is 22.3 Å². The molecule has 0 radical (unpaired) electrons. The highest BCUT2D eigenvalue weighted by molar-refractivity contribution is 7.99. The fourth-order valence-electron chi connectivity index (χ4n) is 5.09. The molecular weight excluding hydrogens is 404 g/mol. The maximum absolute atomic E-state index is 13.5. The van der Waals surface area contributed by atoms with Gasteiger partial charge in [-0.1, -0.05) is 60.6 Å². The van der Waals surface area contributed by atoms with Crippen LogP contribution in [0.2, 0.25) is 0 Å². The van der Waals surface area contributed by atoms with Crippen molar-refractivity contribution in [1.82, 2.24) is 0 Å². The molecule has 3 aliphatic rings. The van der Waals surface area contributed by atoms with Crippen molar-refractivity contribution in [3.8, 4) is 0 Å². The Hall–Kier alpha value is -3.05. The predicted octanol–water partition coefficient (Wildman–Crippen LogP) is 6.11. The molecule has 0 atom stereocenters. The highest BCUT2D eigenvalue weighted by atomic mass is 32.2. The lowest BCUT2D eigenvalue weighted by Crippen LogP contribution is -2.43. The molecule has 1 heterocycles. The zero-order valence-corrected chi connectivity index (χ0v) is 17.9. The topological polar surface area (TPSA) is 58.2 Å². The van der Waals surface area contributed by atoms with Crippen LogP contribution >= 0.6 is 11.8 Å². The minimum atomic E-state index is -0.234. The van der Waals surface area contributed by atoms with Crippen LogP contribution in [-0.2, 0) is 0 Å². The summed E-state index contributed by atoms with van der Waals surface area (Å²) in [6.07, 6.45) is 5.53. The summed E-state index contributed by atoms with van der Waals surface area (Å²) < 4.78 is 0. The second kappa shape index (κ2) is 6.99. The molecule has 1 spiro atoms. The number of hydrogen-bond donors (Lipinski definition) is 2. The maximum Gasteiger partial charge on any atom is 0.196 e. The number of carbonyl (C=O) groups is 2. The second-order valence-electron chi connectivity index (χ2n) is 8.56. The zero-order chi connectivity index (χ0) is 21.0. The highest BCUT2D eigenvalue weighted by Gasteiger charge is 2.43. The number of anilines is 2. The minimum Gasteiger partial charge on any atom is -0.360 e. The van der Waals surface area contributed by atoms with E-state index in [1.54, 1.807) is 23.9 Å². The number of nitrogens with one attached hydrogen (secondary N) is 2. The van der Waals surface area contributed by atoms with E-state index in [1.165, 1.54) is 6.42 Å². The molecule has 3 aromatic rings. The normalized spacial score (nSPS) is 18.1. The summed E-state index contributed by atoms with van der Waals surface area (Å²) in [5.74, 6) is -0.144. The predicted molar refractivity (Wildman–Crippen MR) is 123 cm³/mol. The first-order chi connectivity index (χ1) is 15.2. The van der Waals surface area contributed by atoms with Crippen LogP contribution in [0.1, 0.15) is 63.9 Å². The van der Waals surface area contributed by atoms with Gasteiger partial charge < -0.3 is 10.6 Å². The third kappa shape index (κ3) is 2.91. The molecule has 1 aliphatic heterocycles. The van der Waals surface area contributed by atoms with Gasteiger partial charge in [0.1, 0.15) is 5.66 Å². The molecule has 154 valence electrons. The van der Waals surface area contributed by atoms with E-state index in [4.69, 9.17) is 0 Å². The summed E-state index contributed by atoms with van der Waals surface area (Å²) >= 11 is 1.63. The number of hydrogen-bond acceptors (Lipinski definition) is 5. The van der Waals surface area contributed by atoms with E-state index >= 15 is 0 Å². The van der Waals surface area contributed by atoms with Crippen LogP contribution in [-0.4, -0.2) is 17.2 Å². The van der Waals surface area contributed by atoms with Crippen molar-refractivity contribution in [2.45, 2.75) is 47.6 Å². The lowest BCUT2D eigenvalue weighted by Gasteiger charge is -2.34. The maximum atomic E-state index is 13.5. The van der Waals surface area contributed by atoms with E-state index in [9.17, 15) is 9.59 Å². The van der Waals surface area contributed by atoms with Gasteiger partial charge in [-0.3, -0.25) is 9.59 Å². The van der Waals surface area contributed by atoms with E-state index < -0.39 is 0 Å². The Labute approximate surface area is 185 Å². The van der Waals surface area contributed by atoms with Gasteiger partial charge in [0, 0.05) is 26.5 Å². The molecule has 0 bridgehead atoms. The van der Waals surface area contributed by atoms with E-state index in [-0.39, 0.29) is 17.2 Å². The van der Waals surface area contributed by atoms with Gasteiger partial charge in [0.25, 0.3) is 0 Å². The van der Waals surface area contributed by atoms with Crippen molar-refractivity contribution >= 4 is 34.7 Å². The van der Waals surface area contributed by atoms with Crippen molar-refractivity contribution in [1.29, 1.82) is 0 Å². The summed E-state index contributed by atoms with van der Waals surface area (Å²) in [7, 11) is 0. The molecule has 2 N–H and O–H groups in total. The number of fused-ring (bicyclic) bond motifs is 4. The molecule has 1 saturated carbocycles. The third-order valence-corrected chi connectivity index (χ3v) is 7.64. The Kier molecular flexibility index (Phi) is 4.22. The van der Waals surface area contributed by atoms with Crippen LogP contribution < -0.4 is 10.6 Å². The van der Waals surface area contributed by atoms with Crippen molar-refractivity contribution in [3.05, 3.63) is 82.9 Å². The van der Waals surface area contributed by atoms with Crippen LogP contribution in [0.15, 0.2) is 70.5 Å². The van der Waals surface area contributed by atoms with E-state index in [0.717, 1.165) is 46.8 Å². The van der Waals surface area contributed by atoms with Crippen molar-refractivity contribution in [2.24, 2.45) is 0 Å². The van der Waals surface area contributed by atoms with Gasteiger partial charge >= 0.3 is 0 Å². The Balaban J connectivity index is 1.54. The Morgan fingerprint density at radius 1 is 0.710 bits per heavy atom. The van der Waals surface area contributed by atoms with Crippen LogP contribution in [0.3, 0.4) is 0 Å². The average molecular weight is 427 g/mol. The van der Waals surface area contributed by atoms with Crippen molar-refractivity contribution in [3.63, 3.8) is 0 Å². The second-order valence-corrected chi connectivity index (χ2v) is 9.67. The van der Waals surface area contributed by atoms with E-state index in [1.807, 2.05) is 36.4 Å². The number of ketones is 2. The first kappa shape index (κ1) is 18.7. The molecule has 0 amide bonds. The SMILES string of the molecule is O=C1c2ccccc2C(=O)c2c1cc(Sc1ccccc1)c1c2NC2(CCCCC2)N1. The summed E-state index contributed by atoms with van der Waals surface area (Å²) in [6, 6.07) is 19.2. The average Bonchev–Trinajstić information content (AvgIpc) is 3.17. The highest BCUT2D eigenvalue weighted by Crippen LogP contribution is 2.51. The van der Waals surface area contributed by atoms with Crippen molar-refractivity contribution in [2.75, 3.05) is 10.6 Å². The van der Waals surface area contributed by atoms with Crippen molar-refractivity contribution < 1.29 is 9.59 Å². The molecule has 3 aromatic carbocycles. The molecule has 4 nitrogen and oxygen atoms in total. The van der Waals surface area contributed by atoms with Gasteiger partial charge in [-0.05, 0) is 43.9 Å². The Morgan fingerprint density at radius 2 is 1.35 bits per heavy atom. The fraction of sp³-hybridized carbons (Fsp3) is 0.231. The van der Waals surface area contributed by atoms with Crippen LogP contribution in [0.25, 0.3) is 0 Å².